The minimum atomic E-state index is 0.112. The molecular weight excluding hydrogens is 236 g/mol. The second kappa shape index (κ2) is 5.51. The summed E-state index contributed by atoms with van der Waals surface area (Å²) in [6.45, 7) is 10.9. The molecule has 2 N–H and O–H groups in total. The number of hydrogen-bond acceptors (Lipinski definition) is 3. The quantitative estimate of drug-likeness (QED) is 0.857. The fourth-order valence-corrected chi connectivity index (χ4v) is 2.94. The molecule has 0 spiro atoms. The van der Waals surface area contributed by atoms with Crippen molar-refractivity contribution in [3.8, 4) is 0 Å². The van der Waals surface area contributed by atoms with Crippen molar-refractivity contribution < 1.29 is 5.11 Å². The Morgan fingerprint density at radius 3 is 2.58 bits per heavy atom. The molecule has 0 bridgehead atoms. The van der Waals surface area contributed by atoms with Gasteiger partial charge in [-0.2, -0.15) is 0 Å². The second-order valence-electron chi connectivity index (χ2n) is 6.52. The van der Waals surface area contributed by atoms with Crippen LogP contribution in [0.5, 0.6) is 0 Å². The third-order valence-electron chi connectivity index (χ3n) is 3.89. The van der Waals surface area contributed by atoms with E-state index in [9.17, 15) is 5.11 Å². The molecule has 0 aromatic heterocycles. The van der Waals surface area contributed by atoms with Crippen LogP contribution in [0, 0.1) is 0 Å². The number of anilines is 1. The third-order valence-corrected chi connectivity index (χ3v) is 3.89. The first-order valence-corrected chi connectivity index (χ1v) is 7.14. The van der Waals surface area contributed by atoms with Crippen LogP contribution in [0.2, 0.25) is 0 Å². The SMILES string of the molecule is CC1CNCC(CO)N1c1ccccc1C(C)(C)C. The number of aliphatic hydroxyl groups excluding tert-OH is 1. The number of benzene rings is 1. The van der Waals surface area contributed by atoms with E-state index in [0.29, 0.717) is 6.04 Å². The molecule has 1 saturated heterocycles. The van der Waals surface area contributed by atoms with Crippen molar-refractivity contribution in [2.45, 2.75) is 45.2 Å². The molecule has 106 valence electrons. The highest BCUT2D eigenvalue weighted by atomic mass is 16.3. The summed E-state index contributed by atoms with van der Waals surface area (Å²) in [7, 11) is 0. The van der Waals surface area contributed by atoms with Gasteiger partial charge in [-0.1, -0.05) is 39.0 Å². The normalized spacial score (nSPS) is 24.6. The van der Waals surface area contributed by atoms with E-state index in [1.807, 2.05) is 0 Å². The first kappa shape index (κ1) is 14.4. The molecule has 0 aliphatic carbocycles. The number of hydrogen-bond donors (Lipinski definition) is 2. The first-order valence-electron chi connectivity index (χ1n) is 7.14. The summed E-state index contributed by atoms with van der Waals surface area (Å²) < 4.78 is 0. The third kappa shape index (κ3) is 2.93. The Kier molecular flexibility index (Phi) is 4.16. The average molecular weight is 262 g/mol. The van der Waals surface area contributed by atoms with Crippen LogP contribution >= 0.6 is 0 Å². The number of piperazine rings is 1. The summed E-state index contributed by atoms with van der Waals surface area (Å²) in [5.74, 6) is 0. The van der Waals surface area contributed by atoms with Crippen molar-refractivity contribution in [3.05, 3.63) is 29.8 Å². The number of nitrogens with one attached hydrogen (secondary N) is 1. The highest BCUT2D eigenvalue weighted by molar-refractivity contribution is 5.58. The molecule has 1 aliphatic heterocycles. The smallest absolute Gasteiger partial charge is 0.0649 e. The fraction of sp³-hybridized carbons (Fsp3) is 0.625. The van der Waals surface area contributed by atoms with E-state index in [4.69, 9.17) is 0 Å². The first-order chi connectivity index (χ1) is 8.95. The van der Waals surface area contributed by atoms with Crippen molar-refractivity contribution in [2.24, 2.45) is 0 Å². The van der Waals surface area contributed by atoms with Crippen molar-refractivity contribution >= 4 is 5.69 Å². The Labute approximate surface area is 116 Å². The van der Waals surface area contributed by atoms with Gasteiger partial charge in [0.25, 0.3) is 0 Å². The highest BCUT2D eigenvalue weighted by Crippen LogP contribution is 2.34. The molecule has 2 unspecified atom stereocenters. The summed E-state index contributed by atoms with van der Waals surface area (Å²) in [6, 6.07) is 9.14. The van der Waals surface area contributed by atoms with E-state index >= 15 is 0 Å². The van der Waals surface area contributed by atoms with Gasteiger partial charge in [0.05, 0.1) is 12.6 Å². The Hall–Kier alpha value is -1.06. The van der Waals surface area contributed by atoms with Crippen LogP contribution in [0.15, 0.2) is 24.3 Å². The standard InChI is InChI=1S/C16H26N2O/c1-12-9-17-10-13(11-19)18(12)15-8-6-5-7-14(15)16(2,3)4/h5-8,12-13,17,19H,9-11H2,1-4H3. The minimum Gasteiger partial charge on any atom is -0.394 e. The summed E-state index contributed by atoms with van der Waals surface area (Å²) in [6.07, 6.45) is 0. The zero-order valence-electron chi connectivity index (χ0n) is 12.5. The summed E-state index contributed by atoms with van der Waals surface area (Å²) in [5, 5.41) is 13.0. The van der Waals surface area contributed by atoms with Gasteiger partial charge in [0.1, 0.15) is 0 Å². The van der Waals surface area contributed by atoms with Crippen LogP contribution in [0.4, 0.5) is 5.69 Å². The van der Waals surface area contributed by atoms with E-state index < -0.39 is 0 Å². The topological polar surface area (TPSA) is 35.5 Å². The molecule has 3 heteroatoms. The molecule has 3 nitrogen and oxygen atoms in total. The maximum atomic E-state index is 9.65. The van der Waals surface area contributed by atoms with Crippen LogP contribution in [0.25, 0.3) is 0 Å². The van der Waals surface area contributed by atoms with Gasteiger partial charge in [0.15, 0.2) is 0 Å². The van der Waals surface area contributed by atoms with Crippen LogP contribution in [0.3, 0.4) is 0 Å². The lowest BCUT2D eigenvalue weighted by atomic mass is 9.84. The number of para-hydroxylation sites is 1. The predicted molar refractivity (Wildman–Crippen MR) is 80.8 cm³/mol. The highest BCUT2D eigenvalue weighted by Gasteiger charge is 2.30. The Morgan fingerprint density at radius 2 is 1.95 bits per heavy atom. The minimum absolute atomic E-state index is 0.112. The lowest BCUT2D eigenvalue weighted by Crippen LogP contribution is -2.58. The van der Waals surface area contributed by atoms with E-state index in [1.54, 1.807) is 0 Å². The number of rotatable bonds is 2. The van der Waals surface area contributed by atoms with Gasteiger partial charge in [0.2, 0.25) is 0 Å². The lowest BCUT2D eigenvalue weighted by molar-refractivity contribution is 0.235. The van der Waals surface area contributed by atoms with Crippen LogP contribution in [-0.4, -0.2) is 36.9 Å². The molecule has 1 aromatic rings. The lowest BCUT2D eigenvalue weighted by Gasteiger charge is -2.44. The van der Waals surface area contributed by atoms with Gasteiger partial charge >= 0.3 is 0 Å². The van der Waals surface area contributed by atoms with Gasteiger partial charge in [-0.3, -0.25) is 0 Å². The Balaban J connectivity index is 2.44. The fourth-order valence-electron chi connectivity index (χ4n) is 2.94. The van der Waals surface area contributed by atoms with Crippen LogP contribution in [-0.2, 0) is 5.41 Å². The van der Waals surface area contributed by atoms with E-state index in [2.05, 4.69) is 62.2 Å². The molecule has 0 saturated carbocycles. The molecule has 2 rings (SSSR count). The molecule has 19 heavy (non-hydrogen) atoms. The number of aliphatic hydroxyl groups is 1. The molecule has 0 amide bonds. The summed E-state index contributed by atoms with van der Waals surface area (Å²) in [5.41, 5.74) is 2.73. The van der Waals surface area contributed by atoms with Crippen molar-refractivity contribution in [1.82, 2.24) is 5.32 Å². The van der Waals surface area contributed by atoms with Crippen molar-refractivity contribution in [1.29, 1.82) is 0 Å². The predicted octanol–water partition coefficient (Wildman–Crippen LogP) is 2.14. The van der Waals surface area contributed by atoms with Gasteiger partial charge in [0, 0.05) is 24.8 Å². The largest absolute Gasteiger partial charge is 0.394 e. The molecular formula is C16H26N2O. The molecule has 1 aliphatic rings. The van der Waals surface area contributed by atoms with Gasteiger partial charge in [-0.05, 0) is 24.0 Å². The molecule has 1 aromatic carbocycles. The number of nitrogens with zero attached hydrogens (tertiary/aromatic N) is 1. The Morgan fingerprint density at radius 1 is 1.26 bits per heavy atom. The van der Waals surface area contributed by atoms with E-state index in [0.717, 1.165) is 13.1 Å². The van der Waals surface area contributed by atoms with Crippen molar-refractivity contribution in [3.63, 3.8) is 0 Å². The molecule has 2 atom stereocenters. The average Bonchev–Trinajstić information content (AvgIpc) is 2.37. The maximum Gasteiger partial charge on any atom is 0.0649 e. The molecule has 0 radical (unpaired) electrons. The molecule has 1 heterocycles. The van der Waals surface area contributed by atoms with Crippen LogP contribution in [0.1, 0.15) is 33.3 Å². The molecule has 1 fully saturated rings. The summed E-state index contributed by atoms with van der Waals surface area (Å²) >= 11 is 0. The summed E-state index contributed by atoms with van der Waals surface area (Å²) in [4.78, 5) is 2.39. The Bertz CT molecular complexity index is 425. The monoisotopic (exact) mass is 262 g/mol. The van der Waals surface area contributed by atoms with Gasteiger partial charge in [-0.25, -0.2) is 0 Å². The van der Waals surface area contributed by atoms with Gasteiger partial charge < -0.3 is 15.3 Å². The zero-order chi connectivity index (χ0) is 14.0. The zero-order valence-corrected chi connectivity index (χ0v) is 12.5. The maximum absolute atomic E-state index is 9.65. The van der Waals surface area contributed by atoms with Gasteiger partial charge in [-0.15, -0.1) is 0 Å². The second-order valence-corrected chi connectivity index (χ2v) is 6.52. The van der Waals surface area contributed by atoms with E-state index in [1.165, 1.54) is 11.3 Å². The van der Waals surface area contributed by atoms with Crippen molar-refractivity contribution in [2.75, 3.05) is 24.6 Å². The van der Waals surface area contributed by atoms with Crippen LogP contribution < -0.4 is 10.2 Å². The van der Waals surface area contributed by atoms with E-state index in [-0.39, 0.29) is 18.1 Å².